The summed E-state index contributed by atoms with van der Waals surface area (Å²) in [7, 11) is 0. The maximum Gasteiger partial charge on any atom is 0.140 e. The van der Waals surface area contributed by atoms with E-state index in [2.05, 4.69) is 40.7 Å². The number of ketones is 1. The summed E-state index contributed by atoms with van der Waals surface area (Å²) < 4.78 is 6.67. The van der Waals surface area contributed by atoms with Gasteiger partial charge in [-0.25, -0.2) is 0 Å². The van der Waals surface area contributed by atoms with E-state index in [0.717, 1.165) is 25.7 Å². The predicted octanol–water partition coefficient (Wildman–Crippen LogP) is 4.81. The second-order valence-electron chi connectivity index (χ2n) is 15.1. The minimum Gasteiger partial charge on any atom is -0.392 e. The Labute approximate surface area is 211 Å². The van der Waals surface area contributed by atoms with Crippen molar-refractivity contribution >= 4 is 5.78 Å². The van der Waals surface area contributed by atoms with Gasteiger partial charge in [0.1, 0.15) is 5.78 Å². The third kappa shape index (κ3) is 3.36. The monoisotopic (exact) mass is 488 g/mol. The summed E-state index contributed by atoms with van der Waals surface area (Å²) in [5, 5.41) is 33.1. The van der Waals surface area contributed by atoms with Crippen LogP contribution in [0, 0.1) is 39.4 Å². The molecule has 1 saturated heterocycles. The molecule has 3 N–H and O–H groups in total. The number of ether oxygens (including phenoxy) is 1. The van der Waals surface area contributed by atoms with E-state index >= 15 is 0 Å². The molecule has 10 atom stereocenters. The zero-order chi connectivity index (χ0) is 26.0. The number of aliphatic hydroxyl groups excluding tert-OH is 1. The van der Waals surface area contributed by atoms with E-state index in [1.807, 2.05) is 6.92 Å². The summed E-state index contributed by atoms with van der Waals surface area (Å²) in [5.74, 6) is 0.571. The third-order valence-electron chi connectivity index (χ3n) is 12.0. The molecule has 3 saturated carbocycles. The van der Waals surface area contributed by atoms with Gasteiger partial charge in [0.2, 0.25) is 0 Å². The van der Waals surface area contributed by atoms with Gasteiger partial charge in [-0.15, -0.1) is 0 Å². The van der Waals surface area contributed by atoms with E-state index in [1.165, 1.54) is 5.57 Å². The summed E-state index contributed by atoms with van der Waals surface area (Å²) in [6.07, 6.45) is 6.40. The highest BCUT2D eigenvalue weighted by molar-refractivity contribution is 5.88. The molecule has 0 aromatic carbocycles. The first-order valence-electron chi connectivity index (χ1n) is 13.9. The lowest BCUT2D eigenvalue weighted by Crippen LogP contribution is -2.64. The molecular weight excluding hydrogens is 440 g/mol. The van der Waals surface area contributed by atoms with Crippen molar-refractivity contribution < 1.29 is 24.9 Å². The van der Waals surface area contributed by atoms with Crippen molar-refractivity contribution in [2.24, 2.45) is 39.4 Å². The minimum atomic E-state index is -0.952. The first kappa shape index (κ1) is 25.9. The van der Waals surface area contributed by atoms with Crippen LogP contribution in [0.3, 0.4) is 0 Å². The number of allylic oxidation sites excluding steroid dienone is 1. The largest absolute Gasteiger partial charge is 0.392 e. The normalized spacial score (nSPS) is 53.2. The molecule has 1 heterocycles. The molecule has 0 aromatic rings. The van der Waals surface area contributed by atoms with Crippen LogP contribution in [0.2, 0.25) is 0 Å². The second kappa shape index (κ2) is 7.42. The lowest BCUT2D eigenvalue weighted by molar-refractivity contribution is -0.212. The van der Waals surface area contributed by atoms with Crippen molar-refractivity contribution in [1.29, 1.82) is 0 Å². The van der Waals surface area contributed by atoms with Gasteiger partial charge in [0.05, 0.1) is 29.5 Å². The molecule has 0 aromatic heterocycles. The Morgan fingerprint density at radius 3 is 2.34 bits per heavy atom. The van der Waals surface area contributed by atoms with Crippen molar-refractivity contribution in [1.82, 2.24) is 0 Å². The molecule has 4 fully saturated rings. The Balaban J connectivity index is 1.56. The smallest absolute Gasteiger partial charge is 0.140 e. The molecule has 4 aliphatic carbocycles. The third-order valence-corrected chi connectivity index (χ3v) is 12.0. The van der Waals surface area contributed by atoms with Gasteiger partial charge in [-0.05, 0) is 69.1 Å². The Kier molecular flexibility index (Phi) is 5.49. The van der Waals surface area contributed by atoms with Crippen LogP contribution in [0.25, 0.3) is 0 Å². The second-order valence-corrected chi connectivity index (χ2v) is 15.1. The Bertz CT molecular complexity index is 943. The highest BCUT2D eigenvalue weighted by Gasteiger charge is 2.75. The van der Waals surface area contributed by atoms with Crippen LogP contribution in [0.1, 0.15) is 100 Å². The maximum absolute atomic E-state index is 14.3. The first-order valence-corrected chi connectivity index (χ1v) is 13.9. The van der Waals surface area contributed by atoms with Gasteiger partial charge in [0.15, 0.2) is 0 Å². The average molecular weight is 489 g/mol. The van der Waals surface area contributed by atoms with Crippen LogP contribution < -0.4 is 0 Å². The first-order chi connectivity index (χ1) is 15.9. The van der Waals surface area contributed by atoms with Crippen LogP contribution in [-0.2, 0) is 9.53 Å². The molecule has 5 rings (SSSR count). The topological polar surface area (TPSA) is 87.0 Å². The Morgan fingerprint density at radius 1 is 1.06 bits per heavy atom. The molecular formula is C30H48O5. The van der Waals surface area contributed by atoms with Crippen LogP contribution in [-0.4, -0.2) is 50.6 Å². The fourth-order valence-corrected chi connectivity index (χ4v) is 10.2. The summed E-state index contributed by atoms with van der Waals surface area (Å²) in [6.45, 7) is 16.6. The number of carbonyl (C=O) groups excluding carboxylic acids is 1. The van der Waals surface area contributed by atoms with Crippen LogP contribution in [0.15, 0.2) is 11.6 Å². The quantitative estimate of drug-likeness (QED) is 0.486. The van der Waals surface area contributed by atoms with Crippen LogP contribution in [0.4, 0.5) is 0 Å². The fraction of sp³-hybridized carbons (Fsp3) is 0.900. The van der Waals surface area contributed by atoms with E-state index < -0.39 is 16.6 Å². The molecule has 1 aliphatic heterocycles. The molecule has 5 aliphatic rings. The number of fused-ring (bicyclic) bond motifs is 7. The standard InChI is InChI=1S/C30H48O5/c1-25(2,33)13-17-14-29(7,34)24-20(35-17)15-27(5)21-11-9-18-19(10-12-22(31)26(18,3)4)30(21,8)23(32)16-28(24,27)6/h9,17,19-22,24,31,33-34H,10-16H2,1-8H3/t17-,19-,20-,21+,22+,24+,27+,28-,29+,30+/m1/s1. The summed E-state index contributed by atoms with van der Waals surface area (Å²) in [6, 6.07) is 0. The zero-order valence-electron chi connectivity index (χ0n) is 23.1. The molecule has 0 radical (unpaired) electrons. The number of hydrogen-bond acceptors (Lipinski definition) is 5. The van der Waals surface area contributed by atoms with Crippen molar-refractivity contribution in [2.45, 2.75) is 130 Å². The van der Waals surface area contributed by atoms with E-state index in [9.17, 15) is 20.1 Å². The number of hydrogen-bond donors (Lipinski definition) is 3. The van der Waals surface area contributed by atoms with Crippen molar-refractivity contribution in [2.75, 3.05) is 0 Å². The van der Waals surface area contributed by atoms with Crippen molar-refractivity contribution in [3.63, 3.8) is 0 Å². The van der Waals surface area contributed by atoms with E-state index in [0.29, 0.717) is 25.0 Å². The lowest BCUT2D eigenvalue weighted by atomic mass is 9.38. The Hall–Kier alpha value is -0.750. The molecule has 35 heavy (non-hydrogen) atoms. The molecule has 0 bridgehead atoms. The van der Waals surface area contributed by atoms with E-state index in [4.69, 9.17) is 4.74 Å². The van der Waals surface area contributed by atoms with Crippen LogP contribution >= 0.6 is 0 Å². The summed E-state index contributed by atoms with van der Waals surface area (Å²) in [5.41, 5.74) is -1.80. The molecule has 0 unspecified atom stereocenters. The van der Waals surface area contributed by atoms with Gasteiger partial charge < -0.3 is 20.1 Å². The highest BCUT2D eigenvalue weighted by atomic mass is 16.5. The van der Waals surface area contributed by atoms with Gasteiger partial charge in [-0.2, -0.15) is 0 Å². The van der Waals surface area contributed by atoms with Crippen LogP contribution in [0.5, 0.6) is 0 Å². The summed E-state index contributed by atoms with van der Waals surface area (Å²) in [4.78, 5) is 14.3. The van der Waals surface area contributed by atoms with Crippen molar-refractivity contribution in [3.8, 4) is 0 Å². The minimum absolute atomic E-state index is 0.110. The summed E-state index contributed by atoms with van der Waals surface area (Å²) >= 11 is 0. The Morgan fingerprint density at radius 2 is 1.71 bits per heavy atom. The maximum atomic E-state index is 14.3. The lowest BCUT2D eigenvalue weighted by Gasteiger charge is -2.65. The number of aliphatic hydroxyl groups is 3. The molecule has 5 nitrogen and oxygen atoms in total. The van der Waals surface area contributed by atoms with E-state index in [-0.39, 0.29) is 52.3 Å². The molecule has 0 spiro atoms. The van der Waals surface area contributed by atoms with Gasteiger partial charge in [-0.1, -0.05) is 46.3 Å². The predicted molar refractivity (Wildman–Crippen MR) is 136 cm³/mol. The SMILES string of the molecule is CC(C)(O)C[C@@H]1C[C@](C)(O)[C@H]2[C@@H](C[C@@]3(C)[C@@H]4CC=C5[C@@H](CC[C@H](O)C5(C)C)[C@]4(C)C(=O)C[C@]23C)O1. The van der Waals surface area contributed by atoms with Gasteiger partial charge in [0, 0.05) is 36.0 Å². The molecule has 198 valence electrons. The van der Waals surface area contributed by atoms with Gasteiger partial charge in [0.25, 0.3) is 0 Å². The highest BCUT2D eigenvalue weighted by Crippen LogP contribution is 2.75. The zero-order valence-corrected chi connectivity index (χ0v) is 23.1. The van der Waals surface area contributed by atoms with Crippen molar-refractivity contribution in [3.05, 3.63) is 11.6 Å². The van der Waals surface area contributed by atoms with E-state index in [1.54, 1.807) is 13.8 Å². The fourth-order valence-electron chi connectivity index (χ4n) is 10.2. The molecule has 5 heteroatoms. The number of rotatable bonds is 2. The number of Topliss-reactive ketones (excluding diaryl/α,β-unsaturated/α-hetero) is 1. The average Bonchev–Trinajstić information content (AvgIpc) is 2.90. The van der Waals surface area contributed by atoms with Gasteiger partial charge in [-0.3, -0.25) is 4.79 Å². The number of carbonyl (C=O) groups is 1. The molecule has 0 amide bonds. The van der Waals surface area contributed by atoms with Gasteiger partial charge >= 0.3 is 0 Å².